The third kappa shape index (κ3) is 6.29. The summed E-state index contributed by atoms with van der Waals surface area (Å²) in [5.41, 5.74) is 8.35. The second-order valence-electron chi connectivity index (χ2n) is 9.80. The third-order valence-corrected chi connectivity index (χ3v) is 7.52. The van der Waals surface area contributed by atoms with Crippen LogP contribution in [0.1, 0.15) is 75.4 Å². The van der Waals surface area contributed by atoms with Gasteiger partial charge in [0.05, 0.1) is 12.8 Å². The maximum atomic E-state index is 14.0. The van der Waals surface area contributed by atoms with Crippen molar-refractivity contribution in [2.24, 2.45) is 5.92 Å². The number of nitrogens with zero attached hydrogens (tertiary/aromatic N) is 6. The largest absolute Gasteiger partial charge is 0.468 e. The summed E-state index contributed by atoms with van der Waals surface area (Å²) in [4.78, 5) is 30.3. The molecule has 0 spiro atoms. The first-order valence-electron chi connectivity index (χ1n) is 13.6. The number of fused-ring (bicyclic) bond motifs is 1. The number of hydrogen-bond donors (Lipinski definition) is 1. The molecule has 10 heteroatoms. The molecule has 37 heavy (non-hydrogen) atoms. The first-order valence-corrected chi connectivity index (χ1v) is 13.6. The van der Waals surface area contributed by atoms with Gasteiger partial charge < -0.3 is 15.4 Å². The molecule has 4 heterocycles. The lowest BCUT2D eigenvalue weighted by molar-refractivity contribution is -0.138. The minimum atomic E-state index is -0.121. The number of aromatic nitrogens is 4. The second kappa shape index (κ2) is 12.5. The van der Waals surface area contributed by atoms with E-state index in [-0.39, 0.29) is 29.6 Å². The minimum absolute atomic E-state index is 0.0811. The van der Waals surface area contributed by atoms with Crippen molar-refractivity contribution < 1.29 is 13.9 Å². The first-order chi connectivity index (χ1) is 18.0. The molecule has 0 saturated carbocycles. The number of piperidine rings is 2. The Balaban J connectivity index is 0.00000156. The molecular formula is C27H40FN7O2. The van der Waals surface area contributed by atoms with Crippen LogP contribution in [0.5, 0.6) is 6.01 Å². The lowest BCUT2D eigenvalue weighted by Crippen LogP contribution is -2.45. The molecule has 2 aromatic rings. The zero-order valence-corrected chi connectivity index (χ0v) is 22.3. The summed E-state index contributed by atoms with van der Waals surface area (Å²) in [6, 6.07) is 0.758. The molecule has 2 N–H and O–H groups in total. The standard InChI is InChI=1S/C25H34FN7O2.C2H6/c1-35-25-30-21-13-19(26)3-2-4-22(21)33(25)20-7-11-32(12-8-20)23(34)18-5-9-31(10-6-18)16-17-14-28-24(27)29-15-17;1-2/h13-15,18,20H,2-12,16H2,1H3,(H2,27,28,29);1-2H3. The van der Waals surface area contributed by atoms with Crippen molar-refractivity contribution >= 4 is 17.9 Å². The van der Waals surface area contributed by atoms with E-state index < -0.39 is 0 Å². The minimum Gasteiger partial charge on any atom is -0.468 e. The van der Waals surface area contributed by atoms with E-state index in [1.165, 1.54) is 0 Å². The molecule has 1 amide bonds. The van der Waals surface area contributed by atoms with Gasteiger partial charge in [0.25, 0.3) is 6.01 Å². The SMILES string of the molecule is CC.COc1nc2c(n1C1CCN(C(=O)C3CCN(Cc4cnc(N)nc4)CC3)CC1)CCCC(F)=C2. The second-order valence-corrected chi connectivity index (χ2v) is 9.80. The average Bonchev–Trinajstić information content (AvgIpc) is 3.17. The monoisotopic (exact) mass is 513 g/mol. The number of ether oxygens (including phenoxy) is 1. The van der Waals surface area contributed by atoms with Gasteiger partial charge in [-0.25, -0.2) is 14.4 Å². The van der Waals surface area contributed by atoms with Crippen molar-refractivity contribution in [1.82, 2.24) is 29.3 Å². The normalized spacial score (nSPS) is 19.4. The lowest BCUT2D eigenvalue weighted by Gasteiger charge is -2.38. The fraction of sp³-hybridized carbons (Fsp3) is 0.630. The third-order valence-electron chi connectivity index (χ3n) is 7.52. The van der Waals surface area contributed by atoms with Gasteiger partial charge in [-0.3, -0.25) is 14.3 Å². The number of likely N-dealkylation sites (tertiary alicyclic amines) is 2. The Morgan fingerprint density at radius 2 is 1.76 bits per heavy atom. The van der Waals surface area contributed by atoms with Crippen LogP contribution in [-0.4, -0.2) is 68.5 Å². The smallest absolute Gasteiger partial charge is 0.297 e. The van der Waals surface area contributed by atoms with Crippen molar-refractivity contribution in [1.29, 1.82) is 0 Å². The summed E-state index contributed by atoms with van der Waals surface area (Å²) in [5.74, 6) is 0.525. The Morgan fingerprint density at radius 3 is 2.41 bits per heavy atom. The number of rotatable bonds is 5. The number of allylic oxidation sites excluding steroid dienone is 1. The molecule has 0 aromatic carbocycles. The Morgan fingerprint density at radius 1 is 1.08 bits per heavy atom. The highest BCUT2D eigenvalue weighted by molar-refractivity contribution is 5.79. The van der Waals surface area contributed by atoms with Gasteiger partial charge >= 0.3 is 0 Å². The van der Waals surface area contributed by atoms with E-state index in [0.717, 1.165) is 82.5 Å². The molecule has 0 atom stereocenters. The summed E-state index contributed by atoms with van der Waals surface area (Å²) >= 11 is 0. The van der Waals surface area contributed by atoms with Gasteiger partial charge in [0.15, 0.2) is 0 Å². The topological polar surface area (TPSA) is 102 Å². The van der Waals surface area contributed by atoms with Crippen LogP contribution in [-0.2, 0) is 17.8 Å². The highest BCUT2D eigenvalue weighted by atomic mass is 19.1. The highest BCUT2D eigenvalue weighted by Crippen LogP contribution is 2.35. The average molecular weight is 514 g/mol. The molecule has 9 nitrogen and oxygen atoms in total. The van der Waals surface area contributed by atoms with E-state index in [1.807, 2.05) is 18.7 Å². The first kappa shape index (κ1) is 27.0. The Labute approximate surface area is 218 Å². The van der Waals surface area contributed by atoms with Crippen molar-refractivity contribution in [3.05, 3.63) is 35.2 Å². The number of anilines is 1. The molecule has 3 aliphatic rings. The van der Waals surface area contributed by atoms with E-state index >= 15 is 0 Å². The Hall–Kier alpha value is -3.01. The number of hydrogen-bond acceptors (Lipinski definition) is 7. The number of carbonyl (C=O) groups is 1. The highest BCUT2D eigenvalue weighted by Gasteiger charge is 2.33. The number of methoxy groups -OCH3 is 1. The fourth-order valence-corrected chi connectivity index (χ4v) is 5.64. The Bertz CT molecular complexity index is 1070. The molecule has 5 rings (SSSR count). The van der Waals surface area contributed by atoms with Crippen LogP contribution >= 0.6 is 0 Å². The molecule has 0 radical (unpaired) electrons. The van der Waals surface area contributed by atoms with E-state index in [9.17, 15) is 9.18 Å². The van der Waals surface area contributed by atoms with Gasteiger partial charge in [-0.1, -0.05) is 13.8 Å². The van der Waals surface area contributed by atoms with Crippen LogP contribution in [0.2, 0.25) is 0 Å². The number of halogens is 1. The van der Waals surface area contributed by atoms with Crippen LogP contribution in [0.4, 0.5) is 10.3 Å². The van der Waals surface area contributed by atoms with E-state index in [0.29, 0.717) is 18.1 Å². The summed E-state index contributed by atoms with van der Waals surface area (Å²) < 4.78 is 21.7. The van der Waals surface area contributed by atoms with Crippen molar-refractivity contribution in [3.8, 4) is 6.01 Å². The molecule has 202 valence electrons. The van der Waals surface area contributed by atoms with E-state index in [4.69, 9.17) is 10.5 Å². The molecule has 2 fully saturated rings. The fourth-order valence-electron chi connectivity index (χ4n) is 5.64. The van der Waals surface area contributed by atoms with Gasteiger partial charge in [0.2, 0.25) is 11.9 Å². The number of nitrogen functional groups attached to an aromatic ring is 1. The van der Waals surface area contributed by atoms with E-state index in [2.05, 4.69) is 24.4 Å². The van der Waals surface area contributed by atoms with Crippen LogP contribution in [0.15, 0.2) is 18.2 Å². The molecule has 0 unspecified atom stereocenters. The maximum Gasteiger partial charge on any atom is 0.297 e. The summed E-state index contributed by atoms with van der Waals surface area (Å²) in [6.07, 6.45) is 10.5. The molecule has 1 aliphatic carbocycles. The number of nitrogens with two attached hydrogens (primary N) is 1. The number of amides is 1. The molecule has 0 bridgehead atoms. The predicted molar refractivity (Wildman–Crippen MR) is 141 cm³/mol. The molecule has 2 aromatic heterocycles. The predicted octanol–water partition coefficient (Wildman–Crippen LogP) is 4.01. The maximum absolute atomic E-state index is 14.0. The quantitative estimate of drug-likeness (QED) is 0.644. The number of carbonyl (C=O) groups excluding carboxylic acids is 1. The van der Waals surface area contributed by atoms with Gasteiger partial charge in [-0.2, -0.15) is 4.98 Å². The van der Waals surface area contributed by atoms with Crippen LogP contribution in [0.25, 0.3) is 6.08 Å². The van der Waals surface area contributed by atoms with Gasteiger partial charge in [0, 0.05) is 55.2 Å². The Kier molecular flexibility index (Phi) is 9.13. The van der Waals surface area contributed by atoms with E-state index in [1.54, 1.807) is 25.6 Å². The summed E-state index contributed by atoms with van der Waals surface area (Å²) in [5, 5.41) is 0. The molecule has 2 saturated heterocycles. The zero-order chi connectivity index (χ0) is 26.4. The van der Waals surface area contributed by atoms with Crippen LogP contribution < -0.4 is 10.5 Å². The summed E-state index contributed by atoms with van der Waals surface area (Å²) in [7, 11) is 1.61. The van der Waals surface area contributed by atoms with Gasteiger partial charge in [-0.15, -0.1) is 0 Å². The zero-order valence-electron chi connectivity index (χ0n) is 22.3. The van der Waals surface area contributed by atoms with Crippen LogP contribution in [0.3, 0.4) is 0 Å². The summed E-state index contributed by atoms with van der Waals surface area (Å²) in [6.45, 7) is 8.02. The van der Waals surface area contributed by atoms with Crippen LogP contribution in [0, 0.1) is 5.92 Å². The molecular weight excluding hydrogens is 473 g/mol. The van der Waals surface area contributed by atoms with Gasteiger partial charge in [0.1, 0.15) is 5.83 Å². The van der Waals surface area contributed by atoms with Crippen molar-refractivity contribution in [2.45, 2.75) is 71.4 Å². The lowest BCUT2D eigenvalue weighted by atomic mass is 9.93. The van der Waals surface area contributed by atoms with Crippen molar-refractivity contribution in [2.75, 3.05) is 39.0 Å². The van der Waals surface area contributed by atoms with Gasteiger partial charge in [-0.05, 0) is 64.1 Å². The molecule has 2 aliphatic heterocycles. The van der Waals surface area contributed by atoms with Crippen molar-refractivity contribution in [3.63, 3.8) is 0 Å². The number of imidazole rings is 1.